The third-order valence-corrected chi connectivity index (χ3v) is 3.89. The van der Waals surface area contributed by atoms with Crippen LogP contribution < -0.4 is 4.74 Å². The molecule has 1 nitrogen and oxygen atoms in total. The molecule has 0 heterocycles. The second-order valence-corrected chi connectivity index (χ2v) is 5.48. The molecule has 0 saturated carbocycles. The van der Waals surface area contributed by atoms with E-state index in [0.29, 0.717) is 15.4 Å². The first kappa shape index (κ1) is 14.8. The summed E-state index contributed by atoms with van der Waals surface area (Å²) in [7, 11) is 0. The molecule has 0 amide bonds. The van der Waals surface area contributed by atoms with Gasteiger partial charge in [0, 0.05) is 17.0 Å². The third kappa shape index (κ3) is 3.27. The molecule has 0 aliphatic carbocycles. The lowest BCUT2D eigenvalue weighted by molar-refractivity contribution is 0.433. The van der Waals surface area contributed by atoms with Gasteiger partial charge in [0.25, 0.3) is 0 Å². The second-order valence-electron chi connectivity index (χ2n) is 3.66. The van der Waals surface area contributed by atoms with Crippen LogP contribution >= 0.6 is 43.5 Å². The number of hydrogen-bond acceptors (Lipinski definition) is 1. The summed E-state index contributed by atoms with van der Waals surface area (Å²) in [6.45, 7) is 0. The van der Waals surface area contributed by atoms with Gasteiger partial charge in [-0.2, -0.15) is 0 Å². The first-order valence-electron chi connectivity index (χ1n) is 5.18. The minimum Gasteiger partial charge on any atom is -0.453 e. The molecule has 0 spiro atoms. The SMILES string of the molecule is Fc1cc(Oc2c(F)cccc2CBr)c(Br)cc1Cl. The largest absolute Gasteiger partial charge is 0.453 e. The molecule has 0 saturated heterocycles. The highest BCUT2D eigenvalue weighted by Gasteiger charge is 2.14. The van der Waals surface area contributed by atoms with Gasteiger partial charge in [0.1, 0.15) is 11.6 Å². The van der Waals surface area contributed by atoms with Crippen molar-refractivity contribution in [3.05, 3.63) is 57.0 Å². The fourth-order valence-electron chi connectivity index (χ4n) is 1.47. The van der Waals surface area contributed by atoms with Crippen LogP contribution in [0.4, 0.5) is 8.78 Å². The van der Waals surface area contributed by atoms with Gasteiger partial charge in [0.05, 0.1) is 9.50 Å². The van der Waals surface area contributed by atoms with E-state index in [4.69, 9.17) is 16.3 Å². The van der Waals surface area contributed by atoms with Gasteiger partial charge in [-0.25, -0.2) is 8.78 Å². The first-order chi connectivity index (χ1) is 9.02. The Labute approximate surface area is 130 Å². The van der Waals surface area contributed by atoms with E-state index in [0.717, 1.165) is 6.07 Å². The lowest BCUT2D eigenvalue weighted by Crippen LogP contribution is -1.95. The van der Waals surface area contributed by atoms with Crippen molar-refractivity contribution in [2.45, 2.75) is 5.33 Å². The molecule has 2 rings (SSSR count). The summed E-state index contributed by atoms with van der Waals surface area (Å²) in [6.07, 6.45) is 0. The molecule has 0 aromatic heterocycles. The number of halogens is 5. The van der Waals surface area contributed by atoms with Gasteiger partial charge in [-0.15, -0.1) is 0 Å². The molecule has 6 heteroatoms. The highest BCUT2D eigenvalue weighted by Crippen LogP contribution is 2.36. The average molecular weight is 412 g/mol. The third-order valence-electron chi connectivity index (χ3n) is 2.38. The molecule has 0 fully saturated rings. The van der Waals surface area contributed by atoms with Crippen LogP contribution in [0.15, 0.2) is 34.8 Å². The maximum Gasteiger partial charge on any atom is 0.167 e. The topological polar surface area (TPSA) is 9.23 Å². The Balaban J connectivity index is 2.44. The first-order valence-corrected chi connectivity index (χ1v) is 7.48. The van der Waals surface area contributed by atoms with E-state index < -0.39 is 11.6 Å². The van der Waals surface area contributed by atoms with Crippen molar-refractivity contribution in [3.63, 3.8) is 0 Å². The standard InChI is InChI=1S/C13H7Br2ClF2O/c14-6-7-2-1-3-10(17)13(7)19-12-5-11(18)9(16)4-8(12)15/h1-5H,6H2. The Morgan fingerprint density at radius 3 is 2.58 bits per heavy atom. The lowest BCUT2D eigenvalue weighted by Gasteiger charge is -2.12. The maximum absolute atomic E-state index is 13.8. The van der Waals surface area contributed by atoms with Crippen LogP contribution in [-0.4, -0.2) is 0 Å². The van der Waals surface area contributed by atoms with E-state index >= 15 is 0 Å². The predicted molar refractivity (Wildman–Crippen MR) is 78.2 cm³/mol. The summed E-state index contributed by atoms with van der Waals surface area (Å²) in [6, 6.07) is 7.04. The molecule has 19 heavy (non-hydrogen) atoms. The summed E-state index contributed by atoms with van der Waals surface area (Å²) in [5, 5.41) is 0.391. The van der Waals surface area contributed by atoms with Crippen molar-refractivity contribution in [1.82, 2.24) is 0 Å². The molecule has 0 bridgehead atoms. The zero-order valence-electron chi connectivity index (χ0n) is 9.39. The van der Waals surface area contributed by atoms with Crippen molar-refractivity contribution >= 4 is 43.5 Å². The molecule has 0 aliphatic rings. The van der Waals surface area contributed by atoms with Gasteiger partial charge in [0.15, 0.2) is 11.6 Å². The van der Waals surface area contributed by atoms with Crippen LogP contribution in [0.25, 0.3) is 0 Å². The molecule has 2 aromatic rings. The van der Waals surface area contributed by atoms with Gasteiger partial charge < -0.3 is 4.74 Å². The van der Waals surface area contributed by atoms with Crippen molar-refractivity contribution in [2.75, 3.05) is 0 Å². The second kappa shape index (κ2) is 6.20. The highest BCUT2D eigenvalue weighted by molar-refractivity contribution is 9.10. The van der Waals surface area contributed by atoms with Crippen LogP contribution in [0.5, 0.6) is 11.5 Å². The van der Waals surface area contributed by atoms with Gasteiger partial charge in [-0.05, 0) is 28.1 Å². The Kier molecular flexibility index (Phi) is 4.81. The number of hydrogen-bond donors (Lipinski definition) is 0. The van der Waals surface area contributed by atoms with Crippen molar-refractivity contribution in [2.24, 2.45) is 0 Å². The minimum atomic E-state index is -0.628. The minimum absolute atomic E-state index is 0.0338. The average Bonchev–Trinajstić information content (AvgIpc) is 2.38. The number of ether oxygens (including phenoxy) is 1. The Morgan fingerprint density at radius 1 is 1.16 bits per heavy atom. The predicted octanol–water partition coefficient (Wildman–Crippen LogP) is 6.07. The molecule has 0 unspecified atom stereocenters. The van der Waals surface area contributed by atoms with Gasteiger partial charge in [0.2, 0.25) is 0 Å². The van der Waals surface area contributed by atoms with E-state index in [2.05, 4.69) is 31.9 Å². The van der Waals surface area contributed by atoms with Crippen LogP contribution in [0.1, 0.15) is 5.56 Å². The van der Waals surface area contributed by atoms with Gasteiger partial charge >= 0.3 is 0 Å². The summed E-state index contributed by atoms with van der Waals surface area (Å²) >= 11 is 12.1. The number of rotatable bonds is 3. The zero-order chi connectivity index (χ0) is 14.0. The molecule has 0 atom stereocenters. The summed E-state index contributed by atoms with van der Waals surface area (Å²) in [4.78, 5) is 0. The Morgan fingerprint density at radius 2 is 1.89 bits per heavy atom. The van der Waals surface area contributed by atoms with Crippen LogP contribution in [0.2, 0.25) is 5.02 Å². The molecule has 0 N–H and O–H groups in total. The van der Waals surface area contributed by atoms with Crippen LogP contribution in [0.3, 0.4) is 0 Å². The fourth-order valence-corrected chi connectivity index (χ4v) is 2.63. The van der Waals surface area contributed by atoms with Gasteiger partial charge in [-0.1, -0.05) is 39.7 Å². The van der Waals surface area contributed by atoms with Gasteiger partial charge in [-0.3, -0.25) is 0 Å². The zero-order valence-corrected chi connectivity index (χ0v) is 13.3. The van der Waals surface area contributed by atoms with E-state index in [-0.39, 0.29) is 16.5 Å². The van der Waals surface area contributed by atoms with E-state index in [1.807, 2.05) is 0 Å². The summed E-state index contributed by atoms with van der Waals surface area (Å²) in [5.74, 6) is -0.924. The monoisotopic (exact) mass is 410 g/mol. The van der Waals surface area contributed by atoms with E-state index in [9.17, 15) is 8.78 Å². The summed E-state index contributed by atoms with van der Waals surface area (Å²) in [5.41, 5.74) is 0.627. The molecular weight excluding hydrogens is 405 g/mol. The fraction of sp³-hybridized carbons (Fsp3) is 0.0769. The lowest BCUT2D eigenvalue weighted by atomic mass is 10.2. The maximum atomic E-state index is 13.8. The Bertz CT molecular complexity index is 620. The normalized spacial score (nSPS) is 10.6. The quantitative estimate of drug-likeness (QED) is 0.439. The smallest absolute Gasteiger partial charge is 0.167 e. The number of benzene rings is 2. The molecule has 0 radical (unpaired) electrons. The van der Waals surface area contributed by atoms with E-state index in [1.165, 1.54) is 12.1 Å². The van der Waals surface area contributed by atoms with Crippen LogP contribution in [0, 0.1) is 11.6 Å². The van der Waals surface area contributed by atoms with Crippen molar-refractivity contribution in [1.29, 1.82) is 0 Å². The number of para-hydroxylation sites is 1. The van der Waals surface area contributed by atoms with E-state index in [1.54, 1.807) is 12.1 Å². The molecule has 2 aromatic carbocycles. The van der Waals surface area contributed by atoms with Crippen LogP contribution in [-0.2, 0) is 5.33 Å². The molecular formula is C13H7Br2ClF2O. The molecule has 100 valence electrons. The number of alkyl halides is 1. The van der Waals surface area contributed by atoms with Crippen molar-refractivity contribution in [3.8, 4) is 11.5 Å². The highest BCUT2D eigenvalue weighted by atomic mass is 79.9. The molecule has 0 aliphatic heterocycles. The van der Waals surface area contributed by atoms with Crippen molar-refractivity contribution < 1.29 is 13.5 Å². The summed E-state index contributed by atoms with van der Waals surface area (Å²) < 4.78 is 33.1. The Hall–Kier alpha value is -0.650.